The number of carboxylic acid groups (broad SMARTS) is 1. The lowest BCUT2D eigenvalue weighted by atomic mass is 10.0. The fourth-order valence-corrected chi connectivity index (χ4v) is 2.41. The third kappa shape index (κ3) is 3.30. The van der Waals surface area contributed by atoms with Crippen molar-refractivity contribution in [2.75, 3.05) is 18.5 Å². The molecule has 1 aliphatic rings. The summed E-state index contributed by atoms with van der Waals surface area (Å²) in [7, 11) is 0. The Bertz CT molecular complexity index is 581. The minimum absolute atomic E-state index is 0.0369. The molecular weight excluding hydrogens is 276 g/mol. The van der Waals surface area contributed by atoms with Gasteiger partial charge < -0.3 is 15.5 Å². The van der Waals surface area contributed by atoms with Gasteiger partial charge in [0.15, 0.2) is 0 Å². The number of hydrogen-bond acceptors (Lipinski definition) is 5. The maximum absolute atomic E-state index is 11.1. The summed E-state index contributed by atoms with van der Waals surface area (Å²) in [6.45, 7) is 2.28. The van der Waals surface area contributed by atoms with Crippen LogP contribution >= 0.6 is 0 Å². The van der Waals surface area contributed by atoms with Crippen molar-refractivity contribution < 1.29 is 19.9 Å². The van der Waals surface area contributed by atoms with Crippen molar-refractivity contribution in [3.8, 4) is 0 Å². The molecule has 1 fully saturated rings. The molecule has 1 saturated carbocycles. The topological polar surface area (TPSA) is 113 Å². The molecule has 0 radical (unpaired) electrons. The number of aliphatic hydroxyl groups is 1. The largest absolute Gasteiger partial charge is 0.478 e. The van der Waals surface area contributed by atoms with Gasteiger partial charge in [0.1, 0.15) is 0 Å². The first-order valence-electron chi connectivity index (χ1n) is 6.76. The van der Waals surface area contributed by atoms with Crippen molar-refractivity contribution in [2.45, 2.75) is 26.2 Å². The maximum Gasteiger partial charge on any atom is 0.336 e. The van der Waals surface area contributed by atoms with Gasteiger partial charge in [-0.2, -0.15) is 0 Å². The maximum atomic E-state index is 11.1. The molecule has 114 valence electrons. The van der Waals surface area contributed by atoms with Crippen LogP contribution < -0.4 is 5.32 Å². The average Bonchev–Trinajstić information content (AvgIpc) is 3.17. The van der Waals surface area contributed by atoms with Gasteiger partial charge in [0, 0.05) is 30.5 Å². The number of anilines is 1. The zero-order valence-corrected chi connectivity index (χ0v) is 11.8. The van der Waals surface area contributed by atoms with Crippen LogP contribution in [0.1, 0.15) is 35.2 Å². The Morgan fingerprint density at radius 2 is 2.14 bits per heavy atom. The Labute approximate surface area is 121 Å². The van der Waals surface area contributed by atoms with Crippen molar-refractivity contribution in [1.29, 1.82) is 0 Å². The molecule has 0 heterocycles. The minimum atomic E-state index is -1.20. The van der Waals surface area contributed by atoms with E-state index in [9.17, 15) is 14.9 Å². The third-order valence-corrected chi connectivity index (χ3v) is 4.08. The lowest BCUT2D eigenvalue weighted by Crippen LogP contribution is -2.18. The fraction of sp³-hybridized carbons (Fsp3) is 0.500. The molecule has 0 unspecified atom stereocenters. The summed E-state index contributed by atoms with van der Waals surface area (Å²) in [5, 5.41) is 32.2. The number of hydrogen-bond donors (Lipinski definition) is 3. The lowest BCUT2D eigenvalue weighted by Gasteiger charge is -2.17. The summed E-state index contributed by atoms with van der Waals surface area (Å²) in [6.07, 6.45) is 2.68. The normalized spacial score (nSPS) is 15.5. The van der Waals surface area contributed by atoms with Gasteiger partial charge in [-0.3, -0.25) is 10.1 Å². The number of rotatable bonds is 7. The Morgan fingerprint density at radius 1 is 1.48 bits per heavy atom. The zero-order valence-electron chi connectivity index (χ0n) is 11.8. The highest BCUT2D eigenvalue weighted by Gasteiger charge is 2.41. The lowest BCUT2D eigenvalue weighted by molar-refractivity contribution is -0.385. The number of nitrogens with zero attached hydrogens (tertiary/aromatic N) is 1. The van der Waals surface area contributed by atoms with Crippen molar-refractivity contribution in [3.05, 3.63) is 33.4 Å². The molecule has 0 bridgehead atoms. The first-order valence-corrected chi connectivity index (χ1v) is 6.76. The molecule has 0 saturated heterocycles. The van der Waals surface area contributed by atoms with E-state index in [0.717, 1.165) is 18.9 Å². The van der Waals surface area contributed by atoms with Crippen LogP contribution in [0.25, 0.3) is 0 Å². The van der Waals surface area contributed by atoms with E-state index in [2.05, 4.69) is 5.32 Å². The summed E-state index contributed by atoms with van der Waals surface area (Å²) in [5.74, 6) is -1.20. The summed E-state index contributed by atoms with van der Waals surface area (Å²) in [4.78, 5) is 21.5. The minimum Gasteiger partial charge on any atom is -0.478 e. The molecule has 0 atom stereocenters. The van der Waals surface area contributed by atoms with Crippen molar-refractivity contribution in [1.82, 2.24) is 0 Å². The van der Waals surface area contributed by atoms with E-state index in [1.54, 1.807) is 6.92 Å². The summed E-state index contributed by atoms with van der Waals surface area (Å²) in [5.41, 5.74) is 0.608. The van der Waals surface area contributed by atoms with E-state index < -0.39 is 10.9 Å². The molecule has 0 aliphatic heterocycles. The van der Waals surface area contributed by atoms with Gasteiger partial charge in [-0.05, 0) is 37.7 Å². The van der Waals surface area contributed by atoms with Crippen LogP contribution in [0.3, 0.4) is 0 Å². The van der Waals surface area contributed by atoms with Crippen LogP contribution in [0.4, 0.5) is 11.4 Å². The summed E-state index contributed by atoms with van der Waals surface area (Å²) >= 11 is 0. The Balaban J connectivity index is 2.25. The van der Waals surface area contributed by atoms with Gasteiger partial charge in [-0.1, -0.05) is 0 Å². The van der Waals surface area contributed by atoms with Crippen LogP contribution in [0, 0.1) is 22.5 Å². The van der Waals surface area contributed by atoms with E-state index in [1.165, 1.54) is 6.07 Å². The predicted molar refractivity (Wildman–Crippen MR) is 76.7 cm³/mol. The number of nitro benzene ring substituents is 1. The Morgan fingerprint density at radius 3 is 2.62 bits per heavy atom. The Kier molecular flexibility index (Phi) is 4.13. The van der Waals surface area contributed by atoms with Crippen LogP contribution in [-0.4, -0.2) is 34.3 Å². The summed E-state index contributed by atoms with van der Waals surface area (Å²) in [6, 6.07) is 2.49. The first kappa shape index (κ1) is 15.2. The predicted octanol–water partition coefficient (Wildman–Crippen LogP) is 2.18. The summed E-state index contributed by atoms with van der Waals surface area (Å²) < 4.78 is 0. The van der Waals surface area contributed by atoms with Gasteiger partial charge in [-0.25, -0.2) is 4.79 Å². The number of aromatic carboxylic acids is 1. The SMILES string of the molecule is Cc1c(NCC2(CCO)CC2)cc(C(=O)O)cc1[N+](=O)[O-]. The van der Waals surface area contributed by atoms with E-state index >= 15 is 0 Å². The van der Waals surface area contributed by atoms with Gasteiger partial charge >= 0.3 is 5.97 Å². The monoisotopic (exact) mass is 294 g/mol. The van der Waals surface area contributed by atoms with E-state index in [1.807, 2.05) is 0 Å². The molecule has 21 heavy (non-hydrogen) atoms. The standard InChI is InChI=1S/C14H18N2O5/c1-9-11(15-8-14(2-3-14)4-5-17)6-10(13(18)19)7-12(9)16(20)21/h6-7,15,17H,2-5,8H2,1H3,(H,18,19). The molecule has 7 heteroatoms. The van der Waals surface area contributed by atoms with Crippen molar-refractivity contribution >= 4 is 17.3 Å². The van der Waals surface area contributed by atoms with Crippen molar-refractivity contribution in [2.24, 2.45) is 5.41 Å². The van der Waals surface area contributed by atoms with E-state index in [4.69, 9.17) is 10.2 Å². The molecule has 7 nitrogen and oxygen atoms in total. The highest BCUT2D eigenvalue weighted by molar-refractivity contribution is 5.90. The molecule has 0 spiro atoms. The first-order chi connectivity index (χ1) is 9.88. The second kappa shape index (κ2) is 5.69. The smallest absolute Gasteiger partial charge is 0.336 e. The number of carbonyl (C=O) groups is 1. The average molecular weight is 294 g/mol. The third-order valence-electron chi connectivity index (χ3n) is 4.08. The highest BCUT2D eigenvalue weighted by Crippen LogP contribution is 2.48. The molecule has 3 N–H and O–H groups in total. The zero-order chi connectivity index (χ0) is 15.6. The van der Waals surface area contributed by atoms with Gasteiger partial charge in [0.25, 0.3) is 5.69 Å². The van der Waals surface area contributed by atoms with Crippen LogP contribution in [-0.2, 0) is 0 Å². The van der Waals surface area contributed by atoms with Gasteiger partial charge in [0.05, 0.1) is 10.5 Å². The molecule has 1 aliphatic carbocycles. The van der Waals surface area contributed by atoms with Crippen LogP contribution in [0.5, 0.6) is 0 Å². The molecule has 0 aromatic heterocycles. The molecular formula is C14H18N2O5. The van der Waals surface area contributed by atoms with Crippen LogP contribution in [0.2, 0.25) is 0 Å². The molecule has 0 amide bonds. The van der Waals surface area contributed by atoms with E-state index in [0.29, 0.717) is 24.2 Å². The van der Waals surface area contributed by atoms with Gasteiger partial charge in [-0.15, -0.1) is 0 Å². The number of nitro groups is 1. The van der Waals surface area contributed by atoms with Crippen molar-refractivity contribution in [3.63, 3.8) is 0 Å². The fourth-order valence-electron chi connectivity index (χ4n) is 2.41. The molecule has 2 rings (SSSR count). The van der Waals surface area contributed by atoms with E-state index in [-0.39, 0.29) is 23.3 Å². The van der Waals surface area contributed by atoms with Gasteiger partial charge in [0.2, 0.25) is 0 Å². The quantitative estimate of drug-likeness (QED) is 0.524. The highest BCUT2D eigenvalue weighted by atomic mass is 16.6. The number of aliphatic hydroxyl groups excluding tert-OH is 1. The molecule has 1 aromatic rings. The number of nitrogens with one attached hydrogen (secondary N) is 1. The second-order valence-electron chi connectivity index (χ2n) is 5.56. The Hall–Kier alpha value is -2.15. The number of benzene rings is 1. The number of carboxylic acids is 1. The molecule has 1 aromatic carbocycles. The second-order valence-corrected chi connectivity index (χ2v) is 5.56. The van der Waals surface area contributed by atoms with Crippen LogP contribution in [0.15, 0.2) is 12.1 Å².